The van der Waals surface area contributed by atoms with Crippen molar-refractivity contribution in [2.24, 2.45) is 5.92 Å². The third kappa shape index (κ3) is 3.78. The standard InChI is InChI=1S/C12H17FN2O2/c1-8(2)9(3)14-7-10-6-11(13)4-5-12(10)15(16)17/h4-6,8-9,14H,7H2,1-3H3. The van der Waals surface area contributed by atoms with Gasteiger partial charge in [0.15, 0.2) is 0 Å². The van der Waals surface area contributed by atoms with Gasteiger partial charge in [0.2, 0.25) is 0 Å². The highest BCUT2D eigenvalue weighted by atomic mass is 19.1. The Morgan fingerprint density at radius 1 is 1.41 bits per heavy atom. The molecule has 0 bridgehead atoms. The zero-order valence-electron chi connectivity index (χ0n) is 10.2. The lowest BCUT2D eigenvalue weighted by atomic mass is 10.1. The van der Waals surface area contributed by atoms with E-state index in [-0.39, 0.29) is 11.7 Å². The van der Waals surface area contributed by atoms with Crippen LogP contribution in [0.25, 0.3) is 0 Å². The second-order valence-corrected chi connectivity index (χ2v) is 4.44. The molecule has 1 aromatic carbocycles. The van der Waals surface area contributed by atoms with Crippen LogP contribution in [0.2, 0.25) is 0 Å². The van der Waals surface area contributed by atoms with Gasteiger partial charge in [-0.15, -0.1) is 0 Å². The first kappa shape index (κ1) is 13.6. The van der Waals surface area contributed by atoms with Crippen molar-refractivity contribution in [2.45, 2.75) is 33.4 Å². The van der Waals surface area contributed by atoms with Gasteiger partial charge in [0.05, 0.1) is 4.92 Å². The zero-order chi connectivity index (χ0) is 13.0. The lowest BCUT2D eigenvalue weighted by Gasteiger charge is -2.17. The molecular weight excluding hydrogens is 223 g/mol. The number of nitro groups is 1. The van der Waals surface area contributed by atoms with Crippen LogP contribution in [0.15, 0.2) is 18.2 Å². The summed E-state index contributed by atoms with van der Waals surface area (Å²) >= 11 is 0. The molecule has 0 aliphatic rings. The van der Waals surface area contributed by atoms with Gasteiger partial charge in [-0.25, -0.2) is 4.39 Å². The van der Waals surface area contributed by atoms with Gasteiger partial charge >= 0.3 is 0 Å². The first-order chi connectivity index (χ1) is 7.91. The minimum Gasteiger partial charge on any atom is -0.310 e. The number of halogens is 1. The highest BCUT2D eigenvalue weighted by Crippen LogP contribution is 2.19. The Morgan fingerprint density at radius 3 is 2.59 bits per heavy atom. The van der Waals surface area contributed by atoms with Crippen LogP contribution in [0.3, 0.4) is 0 Å². The Hall–Kier alpha value is -1.49. The topological polar surface area (TPSA) is 55.2 Å². The van der Waals surface area contributed by atoms with Crippen LogP contribution in [-0.2, 0) is 6.54 Å². The SMILES string of the molecule is CC(C)C(C)NCc1cc(F)ccc1[N+](=O)[O-]. The van der Waals surface area contributed by atoms with Gasteiger partial charge in [-0.05, 0) is 25.0 Å². The Labute approximate surface area is 100.0 Å². The normalized spacial score (nSPS) is 12.8. The Kier molecular flexibility index (Phi) is 4.57. The molecule has 94 valence electrons. The molecule has 0 radical (unpaired) electrons. The maximum absolute atomic E-state index is 13.0. The number of nitrogens with zero attached hydrogens (tertiary/aromatic N) is 1. The molecule has 0 saturated heterocycles. The third-order valence-electron chi connectivity index (χ3n) is 2.85. The summed E-state index contributed by atoms with van der Waals surface area (Å²) in [7, 11) is 0. The monoisotopic (exact) mass is 240 g/mol. The first-order valence-corrected chi connectivity index (χ1v) is 5.58. The summed E-state index contributed by atoms with van der Waals surface area (Å²) in [5, 5.41) is 13.9. The molecule has 1 aromatic rings. The number of benzene rings is 1. The Balaban J connectivity index is 2.82. The molecule has 1 unspecified atom stereocenters. The molecule has 0 aliphatic heterocycles. The number of hydrogen-bond acceptors (Lipinski definition) is 3. The molecule has 0 amide bonds. The van der Waals surface area contributed by atoms with Crippen molar-refractivity contribution in [1.82, 2.24) is 5.32 Å². The lowest BCUT2D eigenvalue weighted by molar-refractivity contribution is -0.385. The molecule has 0 aliphatic carbocycles. The fourth-order valence-corrected chi connectivity index (χ4v) is 1.38. The van der Waals surface area contributed by atoms with Crippen LogP contribution in [-0.4, -0.2) is 11.0 Å². The number of rotatable bonds is 5. The van der Waals surface area contributed by atoms with Crippen LogP contribution in [0.1, 0.15) is 26.3 Å². The molecule has 1 atom stereocenters. The predicted octanol–water partition coefficient (Wildman–Crippen LogP) is 2.87. The van der Waals surface area contributed by atoms with E-state index in [9.17, 15) is 14.5 Å². The first-order valence-electron chi connectivity index (χ1n) is 5.58. The van der Waals surface area contributed by atoms with Crippen LogP contribution in [0.5, 0.6) is 0 Å². The summed E-state index contributed by atoms with van der Waals surface area (Å²) in [5.41, 5.74) is 0.331. The van der Waals surface area contributed by atoms with Gasteiger partial charge in [0, 0.05) is 24.2 Å². The molecular formula is C12H17FN2O2. The van der Waals surface area contributed by atoms with Crippen molar-refractivity contribution in [1.29, 1.82) is 0 Å². The summed E-state index contributed by atoms with van der Waals surface area (Å²) < 4.78 is 13.0. The Bertz CT molecular complexity index is 407. The van der Waals surface area contributed by atoms with Crippen molar-refractivity contribution in [3.63, 3.8) is 0 Å². The van der Waals surface area contributed by atoms with Gasteiger partial charge in [-0.3, -0.25) is 10.1 Å². The second-order valence-electron chi connectivity index (χ2n) is 4.44. The minimum atomic E-state index is -0.490. The van der Waals surface area contributed by atoms with E-state index in [1.807, 2.05) is 6.92 Å². The van der Waals surface area contributed by atoms with Crippen molar-refractivity contribution in [3.05, 3.63) is 39.7 Å². The molecule has 17 heavy (non-hydrogen) atoms. The van der Waals surface area contributed by atoms with E-state index in [0.29, 0.717) is 18.0 Å². The highest BCUT2D eigenvalue weighted by molar-refractivity contribution is 5.40. The molecule has 0 heterocycles. The molecule has 1 N–H and O–H groups in total. The van der Waals surface area contributed by atoms with Gasteiger partial charge < -0.3 is 5.32 Å². The molecule has 0 spiro atoms. The molecule has 1 rings (SSSR count). The van der Waals surface area contributed by atoms with Crippen LogP contribution in [0, 0.1) is 21.8 Å². The van der Waals surface area contributed by atoms with E-state index in [0.717, 1.165) is 6.07 Å². The van der Waals surface area contributed by atoms with Crippen LogP contribution in [0.4, 0.5) is 10.1 Å². The van der Waals surface area contributed by atoms with E-state index in [2.05, 4.69) is 19.2 Å². The van der Waals surface area contributed by atoms with Gasteiger partial charge in [-0.2, -0.15) is 0 Å². The highest BCUT2D eigenvalue weighted by Gasteiger charge is 2.15. The average molecular weight is 240 g/mol. The molecule has 0 aromatic heterocycles. The average Bonchev–Trinajstić information content (AvgIpc) is 2.25. The van der Waals surface area contributed by atoms with Crippen LogP contribution >= 0.6 is 0 Å². The summed E-state index contributed by atoms with van der Waals surface area (Å²) in [6.45, 7) is 6.40. The molecule has 4 nitrogen and oxygen atoms in total. The summed E-state index contributed by atoms with van der Waals surface area (Å²) in [6.07, 6.45) is 0. The molecule has 0 saturated carbocycles. The van der Waals surface area contributed by atoms with Crippen molar-refractivity contribution < 1.29 is 9.31 Å². The largest absolute Gasteiger partial charge is 0.310 e. The van der Waals surface area contributed by atoms with Crippen molar-refractivity contribution in [2.75, 3.05) is 0 Å². The molecule has 5 heteroatoms. The van der Waals surface area contributed by atoms with E-state index in [1.54, 1.807) is 0 Å². The van der Waals surface area contributed by atoms with Crippen molar-refractivity contribution >= 4 is 5.69 Å². The molecule has 0 fully saturated rings. The summed E-state index contributed by atoms with van der Waals surface area (Å²) in [4.78, 5) is 10.3. The smallest absolute Gasteiger partial charge is 0.274 e. The maximum Gasteiger partial charge on any atom is 0.274 e. The van der Waals surface area contributed by atoms with Gasteiger partial charge in [-0.1, -0.05) is 13.8 Å². The van der Waals surface area contributed by atoms with E-state index in [4.69, 9.17) is 0 Å². The number of nitrogens with one attached hydrogen (secondary N) is 1. The fraction of sp³-hybridized carbons (Fsp3) is 0.500. The third-order valence-corrected chi connectivity index (χ3v) is 2.85. The minimum absolute atomic E-state index is 0.0464. The van der Waals surface area contributed by atoms with Crippen molar-refractivity contribution in [3.8, 4) is 0 Å². The number of nitro benzene ring substituents is 1. The summed E-state index contributed by atoms with van der Waals surface area (Å²) in [5.74, 6) is -0.0350. The Morgan fingerprint density at radius 2 is 2.06 bits per heavy atom. The predicted molar refractivity (Wildman–Crippen MR) is 64.2 cm³/mol. The summed E-state index contributed by atoms with van der Waals surface area (Å²) in [6, 6.07) is 3.73. The van der Waals surface area contributed by atoms with E-state index in [1.165, 1.54) is 12.1 Å². The fourth-order valence-electron chi connectivity index (χ4n) is 1.38. The van der Waals surface area contributed by atoms with Gasteiger partial charge in [0.1, 0.15) is 5.82 Å². The van der Waals surface area contributed by atoms with Crippen LogP contribution < -0.4 is 5.32 Å². The number of hydrogen-bond donors (Lipinski definition) is 1. The maximum atomic E-state index is 13.0. The lowest BCUT2D eigenvalue weighted by Crippen LogP contribution is -2.30. The van der Waals surface area contributed by atoms with E-state index < -0.39 is 10.7 Å². The van der Waals surface area contributed by atoms with Gasteiger partial charge in [0.25, 0.3) is 5.69 Å². The second kappa shape index (κ2) is 5.72. The zero-order valence-corrected chi connectivity index (χ0v) is 10.2. The van der Waals surface area contributed by atoms with E-state index >= 15 is 0 Å². The quantitative estimate of drug-likeness (QED) is 0.636.